The van der Waals surface area contributed by atoms with E-state index in [1.165, 1.54) is 0 Å². The highest BCUT2D eigenvalue weighted by Gasteiger charge is 2.21. The summed E-state index contributed by atoms with van der Waals surface area (Å²) in [6.45, 7) is 3.27. The molecule has 0 atom stereocenters. The number of piperazine rings is 1. The van der Waals surface area contributed by atoms with Gasteiger partial charge in [-0.05, 0) is 49.0 Å². The third kappa shape index (κ3) is 3.52. The SMILES string of the molecule is CN1CCN(C(=O)c2c[c]cc(-c3c(Cl)cccc3Cl)c2)CC1. The minimum Gasteiger partial charge on any atom is -0.336 e. The van der Waals surface area contributed by atoms with Crippen molar-refractivity contribution in [3.63, 3.8) is 0 Å². The minimum atomic E-state index is 0.0272. The van der Waals surface area contributed by atoms with Crippen LogP contribution in [-0.4, -0.2) is 48.9 Å². The lowest BCUT2D eigenvalue weighted by Gasteiger charge is -2.32. The van der Waals surface area contributed by atoms with E-state index in [2.05, 4.69) is 18.0 Å². The van der Waals surface area contributed by atoms with Crippen LogP contribution in [0, 0.1) is 6.07 Å². The van der Waals surface area contributed by atoms with E-state index in [4.69, 9.17) is 23.2 Å². The van der Waals surface area contributed by atoms with Gasteiger partial charge in [0.1, 0.15) is 0 Å². The molecule has 2 aromatic carbocycles. The summed E-state index contributed by atoms with van der Waals surface area (Å²) in [5, 5.41) is 1.13. The Labute approximate surface area is 146 Å². The molecule has 0 saturated carbocycles. The van der Waals surface area contributed by atoms with Gasteiger partial charge in [0.15, 0.2) is 0 Å². The molecule has 1 heterocycles. The number of rotatable bonds is 2. The molecule has 0 unspecified atom stereocenters. The molecule has 1 fully saturated rings. The van der Waals surface area contributed by atoms with Gasteiger partial charge in [0, 0.05) is 47.4 Å². The number of carbonyl (C=O) groups is 1. The van der Waals surface area contributed by atoms with E-state index in [-0.39, 0.29) is 5.91 Å². The van der Waals surface area contributed by atoms with Gasteiger partial charge in [-0.25, -0.2) is 0 Å². The van der Waals surface area contributed by atoms with Crippen LogP contribution in [0.15, 0.2) is 36.4 Å². The van der Waals surface area contributed by atoms with Crippen LogP contribution in [0.1, 0.15) is 10.4 Å². The van der Waals surface area contributed by atoms with E-state index >= 15 is 0 Å². The number of amides is 1. The van der Waals surface area contributed by atoms with Gasteiger partial charge in [0.05, 0.1) is 0 Å². The standard InChI is InChI=1S/C18H17Cl2N2O/c1-21-8-10-22(11-9-21)18(23)14-5-2-4-13(12-14)17-15(19)6-3-7-16(17)20/h3-7,12H,8-11H2,1H3. The molecule has 0 aromatic heterocycles. The molecule has 0 aliphatic carbocycles. The third-order valence-corrected chi connectivity index (χ3v) is 4.71. The smallest absolute Gasteiger partial charge is 0.253 e. The predicted octanol–water partition coefficient (Wildman–Crippen LogP) is 3.85. The average molecular weight is 348 g/mol. The van der Waals surface area contributed by atoms with Gasteiger partial charge in [0.25, 0.3) is 5.91 Å². The number of carbonyl (C=O) groups excluding carboxylic acids is 1. The Bertz CT molecular complexity index is 704. The highest BCUT2D eigenvalue weighted by Crippen LogP contribution is 2.34. The summed E-state index contributed by atoms with van der Waals surface area (Å²) in [7, 11) is 2.07. The maximum Gasteiger partial charge on any atom is 0.253 e. The second-order valence-corrected chi connectivity index (χ2v) is 6.52. The summed E-state index contributed by atoms with van der Waals surface area (Å²) in [6.07, 6.45) is 0. The molecule has 23 heavy (non-hydrogen) atoms. The molecule has 1 radical (unpaired) electrons. The van der Waals surface area contributed by atoms with Crippen molar-refractivity contribution in [3.8, 4) is 11.1 Å². The van der Waals surface area contributed by atoms with Crippen LogP contribution in [0.5, 0.6) is 0 Å². The largest absolute Gasteiger partial charge is 0.336 e. The molecule has 5 heteroatoms. The fourth-order valence-electron chi connectivity index (χ4n) is 2.71. The van der Waals surface area contributed by atoms with E-state index in [1.807, 2.05) is 11.0 Å². The Morgan fingerprint density at radius 1 is 1.09 bits per heavy atom. The minimum absolute atomic E-state index is 0.0272. The van der Waals surface area contributed by atoms with Crippen molar-refractivity contribution in [2.24, 2.45) is 0 Å². The summed E-state index contributed by atoms with van der Waals surface area (Å²) in [5.41, 5.74) is 2.16. The summed E-state index contributed by atoms with van der Waals surface area (Å²) >= 11 is 12.5. The Kier molecular flexibility index (Phi) is 4.90. The molecule has 0 bridgehead atoms. The topological polar surface area (TPSA) is 23.6 Å². The molecule has 3 rings (SSSR count). The fraction of sp³-hybridized carbons (Fsp3) is 0.278. The molecule has 0 spiro atoms. The lowest BCUT2D eigenvalue weighted by atomic mass is 10.0. The van der Waals surface area contributed by atoms with Gasteiger partial charge in [-0.2, -0.15) is 0 Å². The molecule has 1 aliphatic heterocycles. The molecular formula is C18H17Cl2N2O. The quantitative estimate of drug-likeness (QED) is 0.823. The van der Waals surface area contributed by atoms with E-state index < -0.39 is 0 Å². The van der Waals surface area contributed by atoms with Crippen LogP contribution in [0.3, 0.4) is 0 Å². The van der Waals surface area contributed by atoms with E-state index in [0.29, 0.717) is 15.6 Å². The summed E-state index contributed by atoms with van der Waals surface area (Å²) in [6, 6.07) is 13.8. The third-order valence-electron chi connectivity index (χ3n) is 4.08. The molecular weight excluding hydrogens is 331 g/mol. The molecule has 3 nitrogen and oxygen atoms in total. The highest BCUT2D eigenvalue weighted by atomic mass is 35.5. The number of hydrogen-bond acceptors (Lipinski definition) is 2. The zero-order valence-electron chi connectivity index (χ0n) is 12.9. The molecule has 1 aliphatic rings. The Balaban J connectivity index is 1.90. The second-order valence-electron chi connectivity index (χ2n) is 5.70. The zero-order valence-corrected chi connectivity index (χ0v) is 14.4. The maximum atomic E-state index is 12.7. The van der Waals surface area contributed by atoms with Gasteiger partial charge >= 0.3 is 0 Å². The zero-order chi connectivity index (χ0) is 16.4. The molecule has 2 aromatic rings. The number of halogens is 2. The molecule has 0 N–H and O–H groups in total. The monoisotopic (exact) mass is 347 g/mol. The number of benzene rings is 2. The first-order chi connectivity index (χ1) is 11.1. The summed E-state index contributed by atoms with van der Waals surface area (Å²) in [5.74, 6) is 0.0272. The van der Waals surface area contributed by atoms with Crippen molar-refractivity contribution in [1.82, 2.24) is 9.80 Å². The lowest BCUT2D eigenvalue weighted by Crippen LogP contribution is -2.47. The number of nitrogens with zero attached hydrogens (tertiary/aromatic N) is 2. The van der Waals surface area contributed by atoms with Crippen molar-refractivity contribution in [2.45, 2.75) is 0 Å². The number of likely N-dealkylation sites (N-methyl/N-ethyl adjacent to an activating group) is 1. The van der Waals surface area contributed by atoms with Crippen LogP contribution >= 0.6 is 23.2 Å². The first-order valence-electron chi connectivity index (χ1n) is 7.49. The van der Waals surface area contributed by atoms with Gasteiger partial charge < -0.3 is 9.80 Å². The highest BCUT2D eigenvalue weighted by molar-refractivity contribution is 6.39. The van der Waals surface area contributed by atoms with Gasteiger partial charge in [-0.15, -0.1) is 0 Å². The normalized spacial score (nSPS) is 15.7. The van der Waals surface area contributed by atoms with Gasteiger partial charge in [-0.1, -0.05) is 29.3 Å². The summed E-state index contributed by atoms with van der Waals surface area (Å²) < 4.78 is 0. The summed E-state index contributed by atoms with van der Waals surface area (Å²) in [4.78, 5) is 16.8. The van der Waals surface area contributed by atoms with Crippen molar-refractivity contribution >= 4 is 29.1 Å². The van der Waals surface area contributed by atoms with Crippen molar-refractivity contribution in [1.29, 1.82) is 0 Å². The van der Waals surface area contributed by atoms with E-state index in [1.54, 1.807) is 30.3 Å². The number of hydrogen-bond donors (Lipinski definition) is 0. The molecule has 119 valence electrons. The van der Waals surface area contributed by atoms with E-state index in [0.717, 1.165) is 37.3 Å². The second kappa shape index (κ2) is 6.91. The first-order valence-corrected chi connectivity index (χ1v) is 8.25. The van der Waals surface area contributed by atoms with Crippen molar-refractivity contribution in [3.05, 3.63) is 58.1 Å². The average Bonchev–Trinajstić information content (AvgIpc) is 2.55. The molecule has 1 amide bonds. The maximum absolute atomic E-state index is 12.7. The lowest BCUT2D eigenvalue weighted by molar-refractivity contribution is 0.0664. The van der Waals surface area contributed by atoms with Gasteiger partial charge in [-0.3, -0.25) is 4.79 Å². The van der Waals surface area contributed by atoms with Crippen LogP contribution < -0.4 is 0 Å². The van der Waals surface area contributed by atoms with Crippen molar-refractivity contribution < 1.29 is 4.79 Å². The Morgan fingerprint density at radius 3 is 2.39 bits per heavy atom. The van der Waals surface area contributed by atoms with Crippen molar-refractivity contribution in [2.75, 3.05) is 33.2 Å². The van der Waals surface area contributed by atoms with Gasteiger partial charge in [0.2, 0.25) is 0 Å². The van der Waals surface area contributed by atoms with Crippen LogP contribution in [0.2, 0.25) is 10.0 Å². The first kappa shape index (κ1) is 16.3. The van der Waals surface area contributed by atoms with Crippen LogP contribution in [-0.2, 0) is 0 Å². The van der Waals surface area contributed by atoms with Crippen LogP contribution in [0.4, 0.5) is 0 Å². The van der Waals surface area contributed by atoms with E-state index in [9.17, 15) is 4.79 Å². The Morgan fingerprint density at radius 2 is 1.74 bits per heavy atom. The predicted molar refractivity (Wildman–Crippen MR) is 94.1 cm³/mol. The Hall–Kier alpha value is -1.55. The fourth-order valence-corrected chi connectivity index (χ4v) is 3.32. The molecule has 1 saturated heterocycles. The van der Waals surface area contributed by atoms with Crippen LogP contribution in [0.25, 0.3) is 11.1 Å².